The number of aromatic nitrogens is 1. The van der Waals surface area contributed by atoms with Crippen LogP contribution in [0, 0.1) is 5.41 Å². The van der Waals surface area contributed by atoms with Crippen molar-refractivity contribution in [3.63, 3.8) is 0 Å². The molecule has 2 heterocycles. The molecular weight excluding hydrogens is 322 g/mol. The first-order valence-electron chi connectivity index (χ1n) is 7.05. The van der Waals surface area contributed by atoms with Gasteiger partial charge in [-0.2, -0.15) is 0 Å². The van der Waals surface area contributed by atoms with E-state index in [0.717, 1.165) is 24.5 Å². The van der Waals surface area contributed by atoms with Gasteiger partial charge in [0, 0.05) is 24.9 Å². The molecule has 0 bridgehead atoms. The molecule has 0 radical (unpaired) electrons. The van der Waals surface area contributed by atoms with Crippen molar-refractivity contribution in [1.29, 1.82) is 0 Å². The molecule has 1 fully saturated rings. The topological polar surface area (TPSA) is 120 Å². The fraction of sp³-hybridized carbons (Fsp3) is 0.571. The van der Waals surface area contributed by atoms with Crippen LogP contribution in [0.5, 0.6) is 0 Å². The number of carbonyl (C=O) groups excluding carboxylic acids is 1. The summed E-state index contributed by atoms with van der Waals surface area (Å²) < 4.78 is 0. The van der Waals surface area contributed by atoms with Crippen LogP contribution in [-0.2, 0) is 16.0 Å². The van der Waals surface area contributed by atoms with Crippen molar-refractivity contribution >= 4 is 29.7 Å². The van der Waals surface area contributed by atoms with Gasteiger partial charge in [-0.25, -0.2) is 9.78 Å². The second kappa shape index (κ2) is 8.59. The molecule has 0 spiro atoms. The molecule has 1 aliphatic rings. The Morgan fingerprint density at radius 3 is 2.70 bits per heavy atom. The van der Waals surface area contributed by atoms with Crippen LogP contribution in [0.2, 0.25) is 0 Å². The first-order valence-corrected chi connectivity index (χ1v) is 7.93. The molecular formula is C14H21N3O5S. The number of carboxylic acids is 1. The second-order valence-electron chi connectivity index (χ2n) is 5.59. The fourth-order valence-corrected chi connectivity index (χ4v) is 3.17. The van der Waals surface area contributed by atoms with Gasteiger partial charge in [-0.15, -0.1) is 11.3 Å². The Kier molecular flexibility index (Phi) is 7.11. The number of hydrogen-bond donors (Lipinski definition) is 3. The highest BCUT2D eigenvalue weighted by molar-refractivity contribution is 7.09. The van der Waals surface area contributed by atoms with Crippen LogP contribution >= 0.6 is 11.3 Å². The summed E-state index contributed by atoms with van der Waals surface area (Å²) in [5, 5.41) is 20.9. The average molecular weight is 343 g/mol. The van der Waals surface area contributed by atoms with E-state index in [1.165, 1.54) is 16.7 Å². The summed E-state index contributed by atoms with van der Waals surface area (Å²) in [6.45, 7) is 3.94. The molecule has 3 N–H and O–H groups in total. The quantitative estimate of drug-likeness (QED) is 0.668. The Morgan fingerprint density at radius 2 is 2.22 bits per heavy atom. The van der Waals surface area contributed by atoms with E-state index in [4.69, 9.17) is 15.0 Å². The van der Waals surface area contributed by atoms with Crippen molar-refractivity contribution in [3.05, 3.63) is 16.1 Å². The lowest BCUT2D eigenvalue weighted by atomic mass is 9.89. The van der Waals surface area contributed by atoms with E-state index in [0.29, 0.717) is 13.0 Å². The number of nitrogens with zero attached hydrogens (tertiary/aromatic N) is 2. The normalized spacial score (nSPS) is 20.4. The van der Waals surface area contributed by atoms with Crippen LogP contribution in [0.1, 0.15) is 28.8 Å². The van der Waals surface area contributed by atoms with Gasteiger partial charge >= 0.3 is 5.97 Å². The number of rotatable bonds is 5. The minimum Gasteiger partial charge on any atom is -0.483 e. The molecule has 0 saturated carbocycles. The maximum atomic E-state index is 12.2. The maximum Gasteiger partial charge on any atom is 0.355 e. The highest BCUT2D eigenvalue weighted by Gasteiger charge is 2.38. The van der Waals surface area contributed by atoms with Crippen molar-refractivity contribution < 1.29 is 24.6 Å². The number of nitrogens with one attached hydrogen (secondary N) is 1. The lowest BCUT2D eigenvalue weighted by molar-refractivity contribution is -0.129. The van der Waals surface area contributed by atoms with E-state index >= 15 is 0 Å². The number of likely N-dealkylation sites (tertiary alicyclic amines) is 1. The second-order valence-corrected chi connectivity index (χ2v) is 6.53. The van der Waals surface area contributed by atoms with Crippen LogP contribution in [-0.4, -0.2) is 65.1 Å². The average Bonchev–Trinajstić information content (AvgIpc) is 3.07. The van der Waals surface area contributed by atoms with E-state index in [1.54, 1.807) is 0 Å². The van der Waals surface area contributed by atoms with Gasteiger partial charge in [0.15, 0.2) is 5.69 Å². The Labute approximate surface area is 138 Å². The summed E-state index contributed by atoms with van der Waals surface area (Å²) in [6.07, 6.45) is 1.44. The Morgan fingerprint density at radius 1 is 1.57 bits per heavy atom. The highest BCUT2D eigenvalue weighted by atomic mass is 32.1. The zero-order valence-corrected chi connectivity index (χ0v) is 13.9. The van der Waals surface area contributed by atoms with Crippen LogP contribution in [0.3, 0.4) is 0 Å². The minimum atomic E-state index is -1.02. The van der Waals surface area contributed by atoms with Gasteiger partial charge < -0.3 is 20.4 Å². The van der Waals surface area contributed by atoms with Crippen molar-refractivity contribution in [3.8, 4) is 0 Å². The van der Waals surface area contributed by atoms with Gasteiger partial charge in [0.1, 0.15) is 0 Å². The fourth-order valence-electron chi connectivity index (χ4n) is 2.40. The van der Waals surface area contributed by atoms with E-state index in [9.17, 15) is 9.59 Å². The molecule has 1 aromatic rings. The molecule has 1 aliphatic heterocycles. The van der Waals surface area contributed by atoms with Gasteiger partial charge in [0.2, 0.25) is 5.91 Å². The van der Waals surface area contributed by atoms with Crippen molar-refractivity contribution in [2.75, 3.05) is 26.7 Å². The largest absolute Gasteiger partial charge is 0.483 e. The van der Waals surface area contributed by atoms with Crippen LogP contribution < -0.4 is 5.32 Å². The Hall–Kier alpha value is -2.00. The molecule has 1 aromatic heterocycles. The lowest BCUT2D eigenvalue weighted by Crippen LogP contribution is -2.41. The molecule has 0 aromatic carbocycles. The zero-order chi connectivity index (χ0) is 17.5. The monoisotopic (exact) mass is 343 g/mol. The third kappa shape index (κ3) is 5.61. The number of aromatic carboxylic acids is 1. The predicted molar refractivity (Wildman–Crippen MR) is 84.7 cm³/mol. The molecule has 8 nitrogen and oxygen atoms in total. The number of carbonyl (C=O) groups is 3. The molecule has 128 valence electrons. The molecule has 9 heteroatoms. The summed E-state index contributed by atoms with van der Waals surface area (Å²) in [4.78, 5) is 37.4. The Balaban J connectivity index is 0.000000816. The molecule has 1 amide bonds. The third-order valence-electron chi connectivity index (χ3n) is 3.61. The van der Waals surface area contributed by atoms with Gasteiger partial charge in [-0.1, -0.05) is 0 Å². The number of carboxylic acid groups (broad SMARTS) is 2. The van der Waals surface area contributed by atoms with E-state index in [1.807, 2.05) is 14.0 Å². The van der Waals surface area contributed by atoms with E-state index in [-0.39, 0.29) is 23.5 Å². The molecule has 0 aliphatic carbocycles. The van der Waals surface area contributed by atoms with Crippen molar-refractivity contribution in [1.82, 2.24) is 15.2 Å². The molecule has 1 atom stereocenters. The number of hydrogen-bond acceptors (Lipinski definition) is 6. The predicted octanol–water partition coefficient (Wildman–Crippen LogP) is 0.543. The van der Waals surface area contributed by atoms with E-state index in [2.05, 4.69) is 15.2 Å². The van der Waals surface area contributed by atoms with Gasteiger partial charge in [0.05, 0.1) is 10.4 Å². The van der Waals surface area contributed by atoms with Gasteiger partial charge in [-0.3, -0.25) is 9.59 Å². The summed E-state index contributed by atoms with van der Waals surface area (Å²) in [5.41, 5.74) is -0.246. The summed E-state index contributed by atoms with van der Waals surface area (Å²) >= 11 is 1.31. The van der Waals surface area contributed by atoms with Crippen molar-refractivity contribution in [2.45, 2.75) is 19.8 Å². The van der Waals surface area contributed by atoms with Gasteiger partial charge in [-0.05, 0) is 26.9 Å². The number of thiazole rings is 1. The smallest absolute Gasteiger partial charge is 0.355 e. The van der Waals surface area contributed by atoms with Crippen LogP contribution in [0.15, 0.2) is 5.38 Å². The maximum absolute atomic E-state index is 12.2. The standard InChI is InChI=1S/C13H19N3O3S.CH2O2/c1-13(4-6-16(2)8-13)12(19)14-5-3-10-15-9(7-20-10)11(17)18;2-1-3/h7H,3-6,8H2,1-2H3,(H,14,19)(H,17,18);1H,(H,2,3). The molecule has 23 heavy (non-hydrogen) atoms. The molecule has 1 unspecified atom stereocenters. The summed E-state index contributed by atoms with van der Waals surface area (Å²) in [5.74, 6) is -0.949. The first kappa shape index (κ1) is 19.0. The minimum absolute atomic E-state index is 0.0665. The first-order chi connectivity index (χ1) is 10.8. The zero-order valence-electron chi connectivity index (χ0n) is 13.1. The van der Waals surface area contributed by atoms with E-state index < -0.39 is 5.97 Å². The van der Waals surface area contributed by atoms with Crippen molar-refractivity contribution in [2.24, 2.45) is 5.41 Å². The third-order valence-corrected chi connectivity index (χ3v) is 4.52. The molecule has 2 rings (SSSR count). The van der Waals surface area contributed by atoms with Gasteiger partial charge in [0.25, 0.3) is 6.47 Å². The summed E-state index contributed by atoms with van der Waals surface area (Å²) in [7, 11) is 2.02. The van der Waals surface area contributed by atoms with Crippen LogP contribution in [0.4, 0.5) is 0 Å². The van der Waals surface area contributed by atoms with Crippen LogP contribution in [0.25, 0.3) is 0 Å². The SMILES string of the molecule is CN1CCC(C)(C(=O)NCCc2nc(C(=O)O)cs2)C1.O=CO. The lowest BCUT2D eigenvalue weighted by Gasteiger charge is -2.22. The summed E-state index contributed by atoms with van der Waals surface area (Å²) in [6, 6.07) is 0. The molecule has 1 saturated heterocycles. The Bertz CT molecular complexity index is 562. The number of amides is 1. The highest BCUT2D eigenvalue weighted by Crippen LogP contribution is 2.28.